The molecule has 9 aromatic carbocycles. The fraction of sp³-hybridized carbons (Fsp3) is 0.0857. The maximum absolute atomic E-state index is 5.39. The smallest absolute Gasteiger partial charge is 0.0961 e. The molecule has 0 atom stereocenters. The molecule has 362 valence electrons. The van der Waals surface area contributed by atoms with E-state index in [9.17, 15) is 0 Å². The lowest BCUT2D eigenvalue weighted by molar-refractivity contribution is 1.03. The molecule has 0 saturated heterocycles. The van der Waals surface area contributed by atoms with E-state index in [0.29, 0.717) is 0 Å². The fourth-order valence-electron chi connectivity index (χ4n) is 12.9. The van der Waals surface area contributed by atoms with E-state index in [0.717, 1.165) is 101 Å². The number of hydrogen-bond acceptors (Lipinski definition) is 2. The average Bonchev–Trinajstić information content (AvgIpc) is 4.30. The molecule has 0 fully saturated rings. The van der Waals surface area contributed by atoms with Crippen LogP contribution >= 0.6 is 0 Å². The lowest BCUT2D eigenvalue weighted by Crippen LogP contribution is -2.16. The van der Waals surface area contributed by atoms with Crippen LogP contribution in [0, 0.1) is 41.5 Å². The Balaban J connectivity index is 1.36. The molecule has 0 aliphatic carbocycles. The quantitative estimate of drug-likeness (QED) is 0.167. The van der Waals surface area contributed by atoms with Crippen LogP contribution in [-0.2, 0) is 0 Å². The minimum absolute atomic E-state index is 0.941. The summed E-state index contributed by atoms with van der Waals surface area (Å²) in [7, 11) is 0. The number of rotatable bonds is 6. The SMILES string of the molecule is Cc1ccc2c(c1)c1ccccc1n2-c1c(-c2cccnc2)c(-n2c3ccccc3c3cc(C)ccc32)c(-n2c3ccccc3c3cc(C)ccc32)c(-n2c3ccccc3c3cc(C)ccc32)c1-c1ccc(C)nc1C. The first-order chi connectivity index (χ1) is 37.2. The average molecular weight is 977 g/mol. The number of fused-ring (bicyclic) bond motifs is 12. The summed E-state index contributed by atoms with van der Waals surface area (Å²) in [5, 5.41) is 9.54. The van der Waals surface area contributed by atoms with Crippen molar-refractivity contribution in [2.75, 3.05) is 0 Å². The van der Waals surface area contributed by atoms with Crippen LogP contribution in [0.1, 0.15) is 33.6 Å². The van der Waals surface area contributed by atoms with Crippen LogP contribution in [0.15, 0.2) is 207 Å². The number of pyridine rings is 2. The van der Waals surface area contributed by atoms with Crippen molar-refractivity contribution in [3.63, 3.8) is 0 Å². The van der Waals surface area contributed by atoms with Gasteiger partial charge in [-0.3, -0.25) is 9.97 Å². The number of benzene rings is 9. The molecule has 15 rings (SSSR count). The van der Waals surface area contributed by atoms with Crippen LogP contribution in [0.2, 0.25) is 0 Å². The van der Waals surface area contributed by atoms with E-state index in [-0.39, 0.29) is 0 Å². The van der Waals surface area contributed by atoms with Crippen molar-refractivity contribution in [1.82, 2.24) is 28.2 Å². The predicted octanol–water partition coefficient (Wildman–Crippen LogP) is 18.0. The highest BCUT2D eigenvalue weighted by atomic mass is 15.1. The van der Waals surface area contributed by atoms with Crippen molar-refractivity contribution in [3.8, 4) is 45.0 Å². The molecule has 76 heavy (non-hydrogen) atoms. The highest BCUT2D eigenvalue weighted by Gasteiger charge is 2.36. The van der Waals surface area contributed by atoms with Gasteiger partial charge in [0.2, 0.25) is 0 Å². The maximum atomic E-state index is 5.39. The standard InChI is InChI=1S/C70H52N6/c1-41-25-31-61-53(36-41)49-17-7-11-21-57(49)73(61)67-65(47-16-15-35-71-40-47)68(74-58-22-12-8-18-50(58)54-37-42(2)26-32-62(54)74)70(76-60-24-14-10-20-52(60)56-39-44(4)28-34-64(56)76)69(66(67)48-30-29-45(5)72-46(48)6)75-59-23-13-9-19-51(59)55-38-43(3)27-33-63(55)75/h7-40H,1-6H3. The Morgan fingerprint density at radius 2 is 0.671 bits per heavy atom. The van der Waals surface area contributed by atoms with Gasteiger partial charge in [0.05, 0.1) is 66.9 Å². The Morgan fingerprint density at radius 3 is 1.07 bits per heavy atom. The lowest BCUT2D eigenvalue weighted by atomic mass is 9.89. The molecule has 0 amide bonds. The van der Waals surface area contributed by atoms with E-state index < -0.39 is 0 Å². The minimum atomic E-state index is 0.941. The zero-order valence-electron chi connectivity index (χ0n) is 43.3. The Labute approximate surface area is 440 Å². The van der Waals surface area contributed by atoms with Crippen molar-refractivity contribution in [3.05, 3.63) is 240 Å². The second kappa shape index (κ2) is 16.5. The summed E-state index contributed by atoms with van der Waals surface area (Å²) in [4.78, 5) is 10.4. The second-order valence-electron chi connectivity index (χ2n) is 21.0. The Morgan fingerprint density at radius 1 is 0.303 bits per heavy atom. The summed E-state index contributed by atoms with van der Waals surface area (Å²) >= 11 is 0. The van der Waals surface area contributed by atoms with Crippen LogP contribution in [0.5, 0.6) is 0 Å². The summed E-state index contributed by atoms with van der Waals surface area (Å²) in [5.41, 5.74) is 23.9. The van der Waals surface area contributed by atoms with Crippen molar-refractivity contribution in [1.29, 1.82) is 0 Å². The molecule has 0 aliphatic rings. The van der Waals surface area contributed by atoms with Gasteiger partial charge < -0.3 is 18.3 Å². The van der Waals surface area contributed by atoms with Crippen molar-refractivity contribution in [2.45, 2.75) is 41.5 Å². The number of para-hydroxylation sites is 4. The van der Waals surface area contributed by atoms with Gasteiger partial charge in [-0.05, 0) is 126 Å². The van der Waals surface area contributed by atoms with Crippen LogP contribution in [-0.4, -0.2) is 28.2 Å². The minimum Gasteiger partial charge on any atom is -0.308 e. The van der Waals surface area contributed by atoms with Gasteiger partial charge in [0.15, 0.2) is 0 Å². The molecule has 6 heterocycles. The van der Waals surface area contributed by atoms with Crippen LogP contribution in [0.4, 0.5) is 0 Å². The summed E-state index contributed by atoms with van der Waals surface area (Å²) in [6.45, 7) is 13.1. The van der Waals surface area contributed by atoms with Crippen LogP contribution < -0.4 is 0 Å². The molecule has 0 unspecified atom stereocenters. The molecule has 0 saturated carbocycles. The Bertz CT molecular complexity index is 4940. The summed E-state index contributed by atoms with van der Waals surface area (Å²) in [6, 6.07) is 72.7. The van der Waals surface area contributed by atoms with E-state index in [1.807, 2.05) is 6.20 Å². The summed E-state index contributed by atoms with van der Waals surface area (Å²) in [6.07, 6.45) is 3.97. The largest absolute Gasteiger partial charge is 0.308 e. The first-order valence-electron chi connectivity index (χ1n) is 26.3. The third-order valence-electron chi connectivity index (χ3n) is 16.0. The highest BCUT2D eigenvalue weighted by Crippen LogP contribution is 2.55. The number of aromatic nitrogens is 6. The van der Waals surface area contributed by atoms with Gasteiger partial charge in [-0.1, -0.05) is 131 Å². The fourth-order valence-corrected chi connectivity index (χ4v) is 12.9. The zero-order valence-corrected chi connectivity index (χ0v) is 43.3. The Kier molecular flexibility index (Phi) is 9.55. The third-order valence-corrected chi connectivity index (χ3v) is 16.0. The van der Waals surface area contributed by atoms with Gasteiger partial charge in [-0.2, -0.15) is 0 Å². The number of nitrogens with zero attached hydrogens (tertiary/aromatic N) is 6. The van der Waals surface area contributed by atoms with Crippen molar-refractivity contribution >= 4 is 87.2 Å². The first kappa shape index (κ1) is 44.0. The van der Waals surface area contributed by atoms with E-state index >= 15 is 0 Å². The van der Waals surface area contributed by atoms with Crippen LogP contribution in [0.25, 0.3) is 132 Å². The molecule has 6 nitrogen and oxygen atoms in total. The normalized spacial score (nSPS) is 12.1. The van der Waals surface area contributed by atoms with Gasteiger partial charge >= 0.3 is 0 Å². The van der Waals surface area contributed by atoms with E-state index in [1.165, 1.54) is 65.3 Å². The van der Waals surface area contributed by atoms with Crippen LogP contribution in [0.3, 0.4) is 0 Å². The van der Waals surface area contributed by atoms with Crippen molar-refractivity contribution in [2.24, 2.45) is 0 Å². The van der Waals surface area contributed by atoms with Gasteiger partial charge in [0.25, 0.3) is 0 Å². The molecule has 0 bridgehead atoms. The maximum Gasteiger partial charge on any atom is 0.0961 e. The zero-order chi connectivity index (χ0) is 51.1. The molecule has 6 aromatic heterocycles. The monoisotopic (exact) mass is 976 g/mol. The molecule has 0 radical (unpaired) electrons. The molecular formula is C70H52N6. The van der Waals surface area contributed by atoms with E-state index in [1.54, 1.807) is 0 Å². The Hall–Kier alpha value is -9.52. The van der Waals surface area contributed by atoms with Gasteiger partial charge in [-0.15, -0.1) is 0 Å². The molecular weight excluding hydrogens is 925 g/mol. The summed E-state index contributed by atoms with van der Waals surface area (Å²) < 4.78 is 10.4. The number of aryl methyl sites for hydroxylation is 6. The van der Waals surface area contributed by atoms with Gasteiger partial charge in [0, 0.05) is 89.1 Å². The third kappa shape index (κ3) is 6.28. The van der Waals surface area contributed by atoms with E-state index in [2.05, 4.69) is 260 Å². The first-order valence-corrected chi connectivity index (χ1v) is 26.3. The molecule has 0 N–H and O–H groups in total. The lowest BCUT2D eigenvalue weighted by Gasteiger charge is -2.31. The number of hydrogen-bond donors (Lipinski definition) is 0. The molecule has 0 spiro atoms. The molecule has 15 aromatic rings. The highest BCUT2D eigenvalue weighted by molar-refractivity contribution is 6.19. The topological polar surface area (TPSA) is 45.5 Å². The molecule has 6 heteroatoms. The second-order valence-corrected chi connectivity index (χ2v) is 21.0. The van der Waals surface area contributed by atoms with Gasteiger partial charge in [-0.25, -0.2) is 0 Å². The van der Waals surface area contributed by atoms with E-state index in [4.69, 9.17) is 9.97 Å². The van der Waals surface area contributed by atoms with Crippen molar-refractivity contribution < 1.29 is 0 Å². The van der Waals surface area contributed by atoms with Gasteiger partial charge in [0.1, 0.15) is 0 Å². The summed E-state index contributed by atoms with van der Waals surface area (Å²) in [5.74, 6) is 0. The molecule has 0 aliphatic heterocycles. The predicted molar refractivity (Wildman–Crippen MR) is 319 cm³/mol.